The molecule has 6 heteroatoms. The Hall–Kier alpha value is -1.30. The van der Waals surface area contributed by atoms with Crippen LogP contribution in [0.3, 0.4) is 0 Å². The molecule has 5 nitrogen and oxygen atoms in total. The second kappa shape index (κ2) is 6.92. The monoisotopic (exact) mass is 298 g/mol. The van der Waals surface area contributed by atoms with Gasteiger partial charge in [-0.3, -0.25) is 4.79 Å². The number of nitrogens with zero attached hydrogens (tertiary/aromatic N) is 2. The van der Waals surface area contributed by atoms with E-state index < -0.39 is 5.97 Å². The maximum Gasteiger partial charge on any atom is 0.323 e. The van der Waals surface area contributed by atoms with Gasteiger partial charge in [-0.25, -0.2) is 0 Å². The van der Waals surface area contributed by atoms with Crippen LogP contribution in [0.25, 0.3) is 0 Å². The fourth-order valence-corrected chi connectivity index (χ4v) is 2.50. The number of benzene rings is 1. The summed E-state index contributed by atoms with van der Waals surface area (Å²) in [4.78, 5) is 15.0. The molecule has 110 valence electrons. The lowest BCUT2D eigenvalue weighted by Gasteiger charge is -2.34. The first-order valence-corrected chi connectivity index (χ1v) is 6.95. The number of halogens is 1. The molecule has 1 atom stereocenters. The van der Waals surface area contributed by atoms with Crippen LogP contribution in [0.15, 0.2) is 24.3 Å². The molecule has 0 saturated carbocycles. The number of anilines is 1. The number of hydrogen-bond donors (Lipinski definition) is 1. The van der Waals surface area contributed by atoms with Gasteiger partial charge < -0.3 is 19.6 Å². The number of morpholine rings is 1. The molecule has 0 amide bonds. The van der Waals surface area contributed by atoms with Gasteiger partial charge in [-0.15, -0.1) is 0 Å². The van der Waals surface area contributed by atoms with Gasteiger partial charge in [0.15, 0.2) is 0 Å². The Morgan fingerprint density at radius 2 is 2.40 bits per heavy atom. The molecule has 0 radical (unpaired) electrons. The Bertz CT molecular complexity index is 469. The van der Waals surface area contributed by atoms with Crippen LogP contribution in [-0.2, 0) is 9.53 Å². The van der Waals surface area contributed by atoms with Crippen LogP contribution in [0.1, 0.15) is 0 Å². The van der Waals surface area contributed by atoms with Crippen LogP contribution in [0.2, 0.25) is 5.02 Å². The highest BCUT2D eigenvalue weighted by atomic mass is 35.5. The first-order chi connectivity index (χ1) is 9.54. The number of carbonyl (C=O) groups is 1. The van der Waals surface area contributed by atoms with E-state index in [4.69, 9.17) is 21.4 Å². The molecule has 0 bridgehead atoms. The van der Waals surface area contributed by atoms with Crippen LogP contribution in [0.4, 0.5) is 5.69 Å². The molecule has 2 rings (SSSR count). The van der Waals surface area contributed by atoms with Crippen molar-refractivity contribution in [1.29, 1.82) is 0 Å². The normalized spacial score (nSPS) is 19.8. The van der Waals surface area contributed by atoms with Crippen molar-refractivity contribution in [1.82, 2.24) is 4.90 Å². The fraction of sp³-hybridized carbons (Fsp3) is 0.500. The molecular weight excluding hydrogens is 280 g/mol. The van der Waals surface area contributed by atoms with Crippen molar-refractivity contribution in [2.75, 3.05) is 44.7 Å². The first kappa shape index (κ1) is 15.1. The van der Waals surface area contributed by atoms with Crippen LogP contribution >= 0.6 is 11.6 Å². The lowest BCUT2D eigenvalue weighted by Crippen LogP contribution is -2.47. The Balaban J connectivity index is 2.09. The lowest BCUT2D eigenvalue weighted by molar-refractivity contribution is -0.135. The first-order valence-electron chi connectivity index (χ1n) is 6.57. The average molecular weight is 299 g/mol. The third-order valence-corrected chi connectivity index (χ3v) is 3.50. The van der Waals surface area contributed by atoms with Gasteiger partial charge in [0.2, 0.25) is 0 Å². The number of carboxylic acids is 1. The van der Waals surface area contributed by atoms with Gasteiger partial charge in [0, 0.05) is 30.3 Å². The van der Waals surface area contributed by atoms with E-state index in [0.29, 0.717) is 18.2 Å². The number of ether oxygens (including phenoxy) is 1. The zero-order valence-electron chi connectivity index (χ0n) is 11.5. The summed E-state index contributed by atoms with van der Waals surface area (Å²) >= 11 is 5.98. The highest BCUT2D eigenvalue weighted by molar-refractivity contribution is 6.30. The lowest BCUT2D eigenvalue weighted by atomic mass is 10.2. The predicted molar refractivity (Wildman–Crippen MR) is 78.5 cm³/mol. The molecule has 1 fully saturated rings. The second-order valence-corrected chi connectivity index (χ2v) is 5.45. The minimum absolute atomic E-state index is 0.00656. The Kier molecular flexibility index (Phi) is 5.23. The van der Waals surface area contributed by atoms with Gasteiger partial charge in [0.05, 0.1) is 12.7 Å². The zero-order valence-corrected chi connectivity index (χ0v) is 12.2. The fourth-order valence-electron chi connectivity index (χ4n) is 2.32. The smallest absolute Gasteiger partial charge is 0.323 e. The summed E-state index contributed by atoms with van der Waals surface area (Å²) in [7, 11) is 2.04. The summed E-state index contributed by atoms with van der Waals surface area (Å²) in [5.74, 6) is -0.867. The molecule has 0 aromatic heterocycles. The maximum absolute atomic E-state index is 11.0. The summed E-state index contributed by atoms with van der Waals surface area (Å²) in [6.07, 6.45) is 0.00656. The maximum atomic E-state index is 11.0. The van der Waals surface area contributed by atoms with E-state index in [0.717, 1.165) is 18.8 Å². The Morgan fingerprint density at radius 3 is 3.05 bits per heavy atom. The van der Waals surface area contributed by atoms with E-state index in [1.807, 2.05) is 19.2 Å². The summed E-state index contributed by atoms with van der Waals surface area (Å²) in [5, 5.41) is 9.67. The van der Waals surface area contributed by atoms with Gasteiger partial charge in [0.25, 0.3) is 0 Å². The van der Waals surface area contributed by atoms with Crippen LogP contribution < -0.4 is 4.90 Å². The van der Waals surface area contributed by atoms with E-state index in [-0.39, 0.29) is 12.6 Å². The van der Waals surface area contributed by atoms with Crippen molar-refractivity contribution in [3.8, 4) is 0 Å². The van der Waals surface area contributed by atoms with Crippen LogP contribution in [-0.4, -0.2) is 61.9 Å². The number of rotatable bonds is 5. The third-order valence-electron chi connectivity index (χ3n) is 3.27. The number of carboxylic acid groups (broad SMARTS) is 1. The largest absolute Gasteiger partial charge is 0.480 e. The standard InChI is InChI=1S/C14H19ClN2O3/c1-16-5-6-20-13(8-16)9-17(10-14(18)19)12-4-2-3-11(15)7-12/h2-4,7,13H,5-6,8-10H2,1H3,(H,18,19). The third kappa shape index (κ3) is 4.37. The summed E-state index contributed by atoms with van der Waals surface area (Å²) in [6, 6.07) is 7.23. The molecule has 1 aromatic carbocycles. The molecule has 1 unspecified atom stereocenters. The molecule has 1 aliphatic rings. The summed E-state index contributed by atoms with van der Waals surface area (Å²) < 4.78 is 5.70. The van der Waals surface area contributed by atoms with Gasteiger partial charge in [-0.1, -0.05) is 17.7 Å². The van der Waals surface area contributed by atoms with E-state index in [1.165, 1.54) is 0 Å². The molecular formula is C14H19ClN2O3. The Morgan fingerprint density at radius 1 is 1.60 bits per heavy atom. The molecule has 1 aromatic rings. The molecule has 20 heavy (non-hydrogen) atoms. The van der Waals surface area contributed by atoms with Gasteiger partial charge in [-0.05, 0) is 25.2 Å². The molecule has 0 spiro atoms. The van der Waals surface area contributed by atoms with Crippen molar-refractivity contribution in [3.63, 3.8) is 0 Å². The minimum Gasteiger partial charge on any atom is -0.480 e. The summed E-state index contributed by atoms with van der Waals surface area (Å²) in [5.41, 5.74) is 0.803. The van der Waals surface area contributed by atoms with Crippen molar-refractivity contribution < 1.29 is 14.6 Å². The zero-order chi connectivity index (χ0) is 14.5. The van der Waals surface area contributed by atoms with Gasteiger partial charge in [-0.2, -0.15) is 0 Å². The van der Waals surface area contributed by atoms with Crippen LogP contribution in [0.5, 0.6) is 0 Å². The van der Waals surface area contributed by atoms with Gasteiger partial charge in [0.1, 0.15) is 6.54 Å². The topological polar surface area (TPSA) is 53.0 Å². The van der Waals surface area contributed by atoms with Crippen molar-refractivity contribution in [3.05, 3.63) is 29.3 Å². The molecule has 1 aliphatic heterocycles. The van der Waals surface area contributed by atoms with Crippen molar-refractivity contribution in [2.45, 2.75) is 6.10 Å². The molecule has 1 saturated heterocycles. The molecule has 1 N–H and O–H groups in total. The SMILES string of the molecule is CN1CCOC(CN(CC(=O)O)c2cccc(Cl)c2)C1. The van der Waals surface area contributed by atoms with E-state index in [2.05, 4.69) is 4.90 Å². The van der Waals surface area contributed by atoms with E-state index in [9.17, 15) is 4.79 Å². The molecule has 0 aliphatic carbocycles. The second-order valence-electron chi connectivity index (χ2n) is 5.01. The number of hydrogen-bond acceptors (Lipinski definition) is 4. The van der Waals surface area contributed by atoms with Gasteiger partial charge >= 0.3 is 5.97 Å². The van der Waals surface area contributed by atoms with E-state index >= 15 is 0 Å². The number of aliphatic carboxylic acids is 1. The average Bonchev–Trinajstić information content (AvgIpc) is 2.37. The highest BCUT2D eigenvalue weighted by Gasteiger charge is 2.22. The summed E-state index contributed by atoms with van der Waals surface area (Å²) in [6.45, 7) is 2.86. The van der Waals surface area contributed by atoms with Crippen molar-refractivity contribution in [2.24, 2.45) is 0 Å². The van der Waals surface area contributed by atoms with Crippen molar-refractivity contribution >= 4 is 23.3 Å². The van der Waals surface area contributed by atoms with Crippen LogP contribution in [0, 0.1) is 0 Å². The Labute approximate surface area is 123 Å². The molecule has 1 heterocycles. The number of likely N-dealkylation sites (N-methyl/N-ethyl adjacent to an activating group) is 1. The minimum atomic E-state index is -0.867. The predicted octanol–water partition coefficient (Wildman–Crippen LogP) is 1.56. The highest BCUT2D eigenvalue weighted by Crippen LogP contribution is 2.20. The quantitative estimate of drug-likeness (QED) is 0.894. The van der Waals surface area contributed by atoms with E-state index in [1.54, 1.807) is 17.0 Å².